The molecule has 7 nitrogen and oxygen atoms in total. The van der Waals surface area contributed by atoms with E-state index in [-0.39, 0.29) is 11.5 Å². The van der Waals surface area contributed by atoms with Gasteiger partial charge in [0, 0.05) is 6.20 Å². The summed E-state index contributed by atoms with van der Waals surface area (Å²) in [5.41, 5.74) is 0. The number of hydrogen-bond donors (Lipinski definition) is 1. The first-order valence-electron chi connectivity index (χ1n) is 8.08. The normalized spacial score (nSPS) is 10.7. The van der Waals surface area contributed by atoms with Gasteiger partial charge in [0.05, 0.1) is 14.2 Å². The number of rotatable bonds is 8. The Labute approximate surface area is 157 Å². The molecule has 1 heterocycles. The summed E-state index contributed by atoms with van der Waals surface area (Å²) in [4.78, 5) is 4.13. The van der Waals surface area contributed by atoms with E-state index in [1.165, 1.54) is 14.2 Å². The van der Waals surface area contributed by atoms with Crippen LogP contribution in [0, 0.1) is 0 Å². The van der Waals surface area contributed by atoms with Crippen molar-refractivity contribution in [2.45, 2.75) is 0 Å². The summed E-state index contributed by atoms with van der Waals surface area (Å²) in [6, 6.07) is 18.9. The predicted molar refractivity (Wildman–Crippen MR) is 103 cm³/mol. The molecule has 0 radical (unpaired) electrons. The first kappa shape index (κ1) is 18.6. The van der Waals surface area contributed by atoms with Crippen LogP contribution in [0.4, 0.5) is 5.82 Å². The zero-order chi connectivity index (χ0) is 19.1. The van der Waals surface area contributed by atoms with Crippen LogP contribution in [0.2, 0.25) is 0 Å². The van der Waals surface area contributed by atoms with Crippen LogP contribution in [-0.4, -0.2) is 19.2 Å². The summed E-state index contributed by atoms with van der Waals surface area (Å²) < 4.78 is 35.6. The second-order valence-electron chi connectivity index (χ2n) is 5.31. The highest BCUT2D eigenvalue weighted by Gasteiger charge is 2.32. The Morgan fingerprint density at radius 1 is 0.741 bits per heavy atom. The van der Waals surface area contributed by atoms with Gasteiger partial charge in [-0.25, -0.2) is 9.55 Å². The fraction of sp³-hybridized carbons (Fsp3) is 0.105. The Morgan fingerprint density at radius 3 is 1.67 bits per heavy atom. The van der Waals surface area contributed by atoms with Crippen molar-refractivity contribution in [3.63, 3.8) is 0 Å². The third-order valence-corrected chi connectivity index (χ3v) is 4.87. The zero-order valence-electron chi connectivity index (χ0n) is 14.9. The molecule has 0 saturated carbocycles. The molecule has 2 aromatic carbocycles. The zero-order valence-corrected chi connectivity index (χ0v) is 15.8. The van der Waals surface area contributed by atoms with Gasteiger partial charge >= 0.3 is 7.75 Å². The lowest BCUT2D eigenvalue weighted by molar-refractivity contribution is 0.350. The lowest BCUT2D eigenvalue weighted by Crippen LogP contribution is -2.11. The molecule has 140 valence electrons. The minimum atomic E-state index is -3.94. The lowest BCUT2D eigenvalue weighted by atomic mass is 10.3. The fourth-order valence-electron chi connectivity index (χ4n) is 2.28. The highest BCUT2D eigenvalue weighted by molar-refractivity contribution is 7.56. The van der Waals surface area contributed by atoms with Crippen LogP contribution in [0.25, 0.3) is 0 Å². The standard InChI is InChI=1S/C19H19N2O5P/c1-23-15-9-3-5-11-17(15)25-27(22,21-19-13-7-8-14-20-19)26-18-12-6-4-10-16(18)24-2/h3-14H,1-2H3,(H,20,21,22). The number of pyridine rings is 1. The van der Waals surface area contributed by atoms with Crippen LogP contribution < -0.4 is 23.6 Å². The monoisotopic (exact) mass is 386 g/mol. The average molecular weight is 386 g/mol. The molecule has 0 aliphatic heterocycles. The van der Waals surface area contributed by atoms with Crippen molar-refractivity contribution >= 4 is 13.6 Å². The Morgan fingerprint density at radius 2 is 1.22 bits per heavy atom. The smallest absolute Gasteiger partial charge is 0.493 e. The summed E-state index contributed by atoms with van der Waals surface area (Å²) in [6.07, 6.45) is 1.57. The molecule has 0 saturated heterocycles. The van der Waals surface area contributed by atoms with Crippen molar-refractivity contribution in [3.8, 4) is 23.0 Å². The van der Waals surface area contributed by atoms with E-state index in [2.05, 4.69) is 10.1 Å². The average Bonchev–Trinajstić information content (AvgIpc) is 2.69. The van der Waals surface area contributed by atoms with Gasteiger partial charge in [0.25, 0.3) is 0 Å². The van der Waals surface area contributed by atoms with Gasteiger partial charge in [-0.3, -0.25) is 5.09 Å². The van der Waals surface area contributed by atoms with Crippen molar-refractivity contribution in [3.05, 3.63) is 72.9 Å². The maximum Gasteiger partial charge on any atom is 0.543 e. The molecule has 3 aromatic rings. The van der Waals surface area contributed by atoms with Gasteiger partial charge in [0.15, 0.2) is 23.0 Å². The van der Waals surface area contributed by atoms with Crippen LogP contribution in [0.3, 0.4) is 0 Å². The molecule has 0 aliphatic carbocycles. The van der Waals surface area contributed by atoms with Crippen LogP contribution in [0.15, 0.2) is 72.9 Å². The van der Waals surface area contributed by atoms with E-state index in [0.29, 0.717) is 17.3 Å². The highest BCUT2D eigenvalue weighted by atomic mass is 31.2. The molecular weight excluding hydrogens is 367 g/mol. The van der Waals surface area contributed by atoms with E-state index in [4.69, 9.17) is 18.5 Å². The van der Waals surface area contributed by atoms with E-state index in [0.717, 1.165) is 0 Å². The van der Waals surface area contributed by atoms with Crippen LogP contribution in [0.5, 0.6) is 23.0 Å². The van der Waals surface area contributed by atoms with Crippen LogP contribution in [0.1, 0.15) is 0 Å². The van der Waals surface area contributed by atoms with Gasteiger partial charge in [-0.2, -0.15) is 0 Å². The van der Waals surface area contributed by atoms with E-state index in [1.54, 1.807) is 72.9 Å². The van der Waals surface area contributed by atoms with Crippen molar-refractivity contribution in [1.82, 2.24) is 4.98 Å². The number of aromatic nitrogens is 1. The second-order valence-corrected chi connectivity index (χ2v) is 6.89. The van der Waals surface area contributed by atoms with Crippen LogP contribution in [-0.2, 0) is 4.57 Å². The summed E-state index contributed by atoms with van der Waals surface area (Å²) >= 11 is 0. The Hall–Kier alpha value is -3.18. The first-order chi connectivity index (χ1) is 13.1. The van der Waals surface area contributed by atoms with Crippen molar-refractivity contribution in [2.24, 2.45) is 0 Å². The number of para-hydroxylation sites is 4. The maximum atomic E-state index is 13.6. The quantitative estimate of drug-likeness (QED) is 0.558. The van der Waals surface area contributed by atoms with Gasteiger partial charge in [-0.15, -0.1) is 0 Å². The minimum Gasteiger partial charge on any atom is -0.493 e. The molecule has 1 aromatic heterocycles. The highest BCUT2D eigenvalue weighted by Crippen LogP contribution is 2.51. The molecule has 0 amide bonds. The fourth-order valence-corrected chi connectivity index (χ4v) is 3.64. The van der Waals surface area contributed by atoms with Crippen LogP contribution >= 0.6 is 7.75 Å². The van der Waals surface area contributed by atoms with Gasteiger partial charge < -0.3 is 18.5 Å². The number of ether oxygens (including phenoxy) is 2. The van der Waals surface area contributed by atoms with Crippen molar-refractivity contribution < 1.29 is 23.1 Å². The second kappa shape index (κ2) is 8.47. The molecule has 0 aliphatic rings. The Bertz CT molecular complexity index is 883. The topological polar surface area (TPSA) is 78.9 Å². The first-order valence-corrected chi connectivity index (χ1v) is 9.62. The molecule has 1 N–H and O–H groups in total. The molecule has 0 unspecified atom stereocenters. The van der Waals surface area contributed by atoms with E-state index in [9.17, 15) is 4.57 Å². The number of nitrogens with zero attached hydrogens (tertiary/aromatic N) is 1. The van der Waals surface area contributed by atoms with Crippen molar-refractivity contribution in [2.75, 3.05) is 19.3 Å². The van der Waals surface area contributed by atoms with E-state index >= 15 is 0 Å². The largest absolute Gasteiger partial charge is 0.543 e. The molecular formula is C19H19N2O5P. The van der Waals surface area contributed by atoms with Crippen molar-refractivity contribution in [1.29, 1.82) is 0 Å². The lowest BCUT2D eigenvalue weighted by Gasteiger charge is -2.22. The minimum absolute atomic E-state index is 0.265. The Kier molecular flexibility index (Phi) is 5.84. The molecule has 0 spiro atoms. The number of hydrogen-bond acceptors (Lipinski definition) is 6. The third-order valence-electron chi connectivity index (χ3n) is 3.49. The number of methoxy groups -OCH3 is 2. The molecule has 0 bridgehead atoms. The van der Waals surface area contributed by atoms with Gasteiger partial charge in [0.1, 0.15) is 5.82 Å². The maximum absolute atomic E-state index is 13.6. The molecule has 3 rings (SSSR count). The molecule has 27 heavy (non-hydrogen) atoms. The SMILES string of the molecule is COc1ccccc1OP(=O)(Nc1ccccn1)Oc1ccccc1OC. The summed E-state index contributed by atoms with van der Waals surface area (Å²) in [5.74, 6) is 1.71. The van der Waals surface area contributed by atoms with Gasteiger partial charge in [-0.1, -0.05) is 30.3 Å². The van der Waals surface area contributed by atoms with E-state index in [1.807, 2.05) is 0 Å². The van der Waals surface area contributed by atoms with Gasteiger partial charge in [-0.05, 0) is 36.4 Å². The van der Waals surface area contributed by atoms with E-state index < -0.39 is 7.75 Å². The number of anilines is 1. The predicted octanol–water partition coefficient (Wildman–Crippen LogP) is 4.78. The molecule has 0 atom stereocenters. The molecule has 0 fully saturated rings. The summed E-state index contributed by atoms with van der Waals surface area (Å²) in [7, 11) is -0.937. The third kappa shape index (κ3) is 4.71. The number of nitrogens with one attached hydrogen (secondary N) is 1. The summed E-state index contributed by atoms with van der Waals surface area (Å²) in [5, 5.41) is 2.74. The summed E-state index contributed by atoms with van der Waals surface area (Å²) in [6.45, 7) is 0. The number of benzene rings is 2. The van der Waals surface area contributed by atoms with Gasteiger partial charge in [0.2, 0.25) is 0 Å². The Balaban J connectivity index is 1.96. The molecule has 8 heteroatoms.